The van der Waals surface area contributed by atoms with Gasteiger partial charge in [-0.1, -0.05) is 75.1 Å². The minimum Gasteiger partial charge on any atom is -0.0654 e. The zero-order valence-electron chi connectivity index (χ0n) is 15.6. The van der Waals surface area contributed by atoms with E-state index in [9.17, 15) is 0 Å². The van der Waals surface area contributed by atoms with Crippen LogP contribution in [0.4, 0.5) is 0 Å². The zero-order valence-corrected chi connectivity index (χ0v) is 15.6. The summed E-state index contributed by atoms with van der Waals surface area (Å²) in [4.78, 5) is 0. The molecular weight excluding hydrogens is 300 g/mol. The van der Waals surface area contributed by atoms with Gasteiger partial charge in [0.1, 0.15) is 0 Å². The lowest BCUT2D eigenvalue weighted by Crippen LogP contribution is -2.03. The second-order valence-corrected chi connectivity index (χ2v) is 7.75. The van der Waals surface area contributed by atoms with Crippen LogP contribution in [0.3, 0.4) is 0 Å². The molecular formula is C25H30. The highest BCUT2D eigenvalue weighted by atomic mass is 14.2. The van der Waals surface area contributed by atoms with Crippen molar-refractivity contribution in [1.82, 2.24) is 0 Å². The van der Waals surface area contributed by atoms with Gasteiger partial charge in [-0.05, 0) is 76.8 Å². The van der Waals surface area contributed by atoms with Crippen LogP contribution in [0.5, 0.6) is 0 Å². The number of rotatable bonds is 6. The lowest BCUT2D eigenvalue weighted by molar-refractivity contribution is 0.633. The molecule has 0 heteroatoms. The van der Waals surface area contributed by atoms with E-state index in [2.05, 4.69) is 49.4 Å². The van der Waals surface area contributed by atoms with Crippen molar-refractivity contribution in [3.05, 3.63) is 59.2 Å². The van der Waals surface area contributed by atoms with E-state index in [0.29, 0.717) is 0 Å². The van der Waals surface area contributed by atoms with Crippen LogP contribution in [0.15, 0.2) is 42.5 Å². The van der Waals surface area contributed by atoms with Crippen LogP contribution >= 0.6 is 0 Å². The summed E-state index contributed by atoms with van der Waals surface area (Å²) in [5, 5.41) is 5.93. The van der Waals surface area contributed by atoms with Crippen molar-refractivity contribution >= 4 is 21.5 Å². The molecule has 0 aliphatic heterocycles. The molecule has 0 saturated heterocycles. The number of hydrogen-bond acceptors (Lipinski definition) is 0. The fourth-order valence-corrected chi connectivity index (χ4v) is 4.63. The van der Waals surface area contributed by atoms with Crippen LogP contribution in [-0.2, 0) is 19.3 Å². The van der Waals surface area contributed by atoms with Gasteiger partial charge in [0, 0.05) is 0 Å². The predicted octanol–water partition coefficient (Wildman–Crippen LogP) is 7.38. The highest BCUT2D eigenvalue weighted by molar-refractivity contribution is 6.10. The normalized spacial score (nSPS) is 14.1. The van der Waals surface area contributed by atoms with Gasteiger partial charge >= 0.3 is 0 Å². The summed E-state index contributed by atoms with van der Waals surface area (Å²) in [7, 11) is 0. The SMILES string of the molecule is CCCCCCCc1cc2c3c(ccc2c2ccccc12)CCCC3. The molecule has 130 valence electrons. The van der Waals surface area contributed by atoms with Gasteiger partial charge in [0.15, 0.2) is 0 Å². The molecule has 0 nitrogen and oxygen atoms in total. The molecule has 0 atom stereocenters. The second-order valence-electron chi connectivity index (χ2n) is 7.75. The molecule has 1 aliphatic carbocycles. The average molecular weight is 331 g/mol. The Morgan fingerprint density at radius 1 is 0.720 bits per heavy atom. The Hall–Kier alpha value is -1.82. The Morgan fingerprint density at radius 3 is 2.36 bits per heavy atom. The molecule has 0 saturated carbocycles. The van der Waals surface area contributed by atoms with Crippen molar-refractivity contribution in [3.63, 3.8) is 0 Å². The van der Waals surface area contributed by atoms with Gasteiger partial charge in [-0.25, -0.2) is 0 Å². The smallest absolute Gasteiger partial charge is 0.0102 e. The van der Waals surface area contributed by atoms with E-state index in [0.717, 1.165) is 0 Å². The zero-order chi connectivity index (χ0) is 17.1. The van der Waals surface area contributed by atoms with Gasteiger partial charge in [0.2, 0.25) is 0 Å². The number of hydrogen-bond donors (Lipinski definition) is 0. The van der Waals surface area contributed by atoms with Crippen molar-refractivity contribution in [2.45, 2.75) is 71.1 Å². The van der Waals surface area contributed by atoms with Crippen LogP contribution in [0.2, 0.25) is 0 Å². The van der Waals surface area contributed by atoms with Gasteiger partial charge in [-0.2, -0.15) is 0 Å². The van der Waals surface area contributed by atoms with Crippen LogP contribution < -0.4 is 0 Å². The first-order chi connectivity index (χ1) is 12.4. The molecule has 0 N–H and O–H groups in total. The molecule has 3 aromatic carbocycles. The molecule has 25 heavy (non-hydrogen) atoms. The first-order valence-corrected chi connectivity index (χ1v) is 10.3. The first-order valence-electron chi connectivity index (χ1n) is 10.3. The Morgan fingerprint density at radius 2 is 1.48 bits per heavy atom. The summed E-state index contributed by atoms with van der Waals surface area (Å²) in [6.45, 7) is 2.29. The van der Waals surface area contributed by atoms with Gasteiger partial charge in [0.05, 0.1) is 0 Å². The molecule has 0 heterocycles. The highest BCUT2D eigenvalue weighted by Crippen LogP contribution is 2.35. The van der Waals surface area contributed by atoms with E-state index in [-0.39, 0.29) is 0 Å². The lowest BCUT2D eigenvalue weighted by atomic mass is 9.85. The standard InChI is InChI=1S/C25H30/c1-2-3-4-5-6-12-20-18-25-21-13-8-7-11-19(21)16-17-24(25)23-15-10-9-14-22(20)23/h9-10,14-18H,2-8,11-13H2,1H3. The van der Waals surface area contributed by atoms with Gasteiger partial charge in [-0.3, -0.25) is 0 Å². The molecule has 0 radical (unpaired) electrons. The van der Waals surface area contributed by atoms with E-state index >= 15 is 0 Å². The average Bonchev–Trinajstić information content (AvgIpc) is 2.67. The maximum atomic E-state index is 2.54. The third-order valence-electron chi connectivity index (χ3n) is 6.01. The largest absolute Gasteiger partial charge is 0.0654 e. The first kappa shape index (κ1) is 16.6. The van der Waals surface area contributed by atoms with Gasteiger partial charge in [0.25, 0.3) is 0 Å². The summed E-state index contributed by atoms with van der Waals surface area (Å²) in [5.74, 6) is 0. The molecule has 3 aromatic rings. The molecule has 4 rings (SSSR count). The fourth-order valence-electron chi connectivity index (χ4n) is 4.63. The van der Waals surface area contributed by atoms with Crippen LogP contribution in [0.1, 0.15) is 68.6 Å². The van der Waals surface area contributed by atoms with E-state index in [1.165, 1.54) is 80.4 Å². The number of unbranched alkanes of at least 4 members (excludes halogenated alkanes) is 4. The minimum absolute atomic E-state index is 1.23. The highest BCUT2D eigenvalue weighted by Gasteiger charge is 2.15. The summed E-state index contributed by atoms with van der Waals surface area (Å²) in [6.07, 6.45) is 13.3. The van der Waals surface area contributed by atoms with Crippen LogP contribution in [0.25, 0.3) is 21.5 Å². The lowest BCUT2D eigenvalue weighted by Gasteiger charge is -2.20. The monoisotopic (exact) mass is 330 g/mol. The van der Waals surface area contributed by atoms with Crippen molar-refractivity contribution in [1.29, 1.82) is 0 Å². The molecule has 0 spiro atoms. The van der Waals surface area contributed by atoms with Crippen molar-refractivity contribution in [2.75, 3.05) is 0 Å². The molecule has 0 amide bonds. The summed E-state index contributed by atoms with van der Waals surface area (Å²) >= 11 is 0. The quantitative estimate of drug-likeness (QED) is 0.326. The Bertz CT molecular complexity index is 872. The summed E-state index contributed by atoms with van der Waals surface area (Å²) in [5.41, 5.74) is 4.81. The van der Waals surface area contributed by atoms with E-state index < -0.39 is 0 Å². The van der Waals surface area contributed by atoms with Gasteiger partial charge in [-0.15, -0.1) is 0 Å². The number of benzene rings is 3. The number of aryl methyl sites for hydroxylation is 3. The maximum Gasteiger partial charge on any atom is -0.0102 e. The summed E-state index contributed by atoms with van der Waals surface area (Å²) < 4.78 is 0. The minimum atomic E-state index is 1.23. The third kappa shape index (κ3) is 3.32. The van der Waals surface area contributed by atoms with E-state index in [1.807, 2.05) is 0 Å². The van der Waals surface area contributed by atoms with Gasteiger partial charge < -0.3 is 0 Å². The fraction of sp³-hybridized carbons (Fsp3) is 0.440. The Labute approximate surface area is 152 Å². The van der Waals surface area contributed by atoms with Crippen LogP contribution in [0, 0.1) is 0 Å². The third-order valence-corrected chi connectivity index (χ3v) is 6.01. The van der Waals surface area contributed by atoms with Crippen molar-refractivity contribution < 1.29 is 0 Å². The molecule has 1 aliphatic rings. The van der Waals surface area contributed by atoms with E-state index in [4.69, 9.17) is 0 Å². The molecule has 0 fully saturated rings. The van der Waals surface area contributed by atoms with Crippen LogP contribution in [-0.4, -0.2) is 0 Å². The Kier molecular flexibility index (Phi) is 5.06. The topological polar surface area (TPSA) is 0 Å². The predicted molar refractivity (Wildman–Crippen MR) is 111 cm³/mol. The molecule has 0 bridgehead atoms. The van der Waals surface area contributed by atoms with Crippen molar-refractivity contribution in [3.8, 4) is 0 Å². The molecule has 0 aromatic heterocycles. The van der Waals surface area contributed by atoms with Crippen molar-refractivity contribution in [2.24, 2.45) is 0 Å². The Balaban J connectivity index is 1.77. The summed E-state index contributed by atoms with van der Waals surface area (Å²) in [6, 6.07) is 16.4. The van der Waals surface area contributed by atoms with E-state index in [1.54, 1.807) is 22.1 Å². The molecule has 0 unspecified atom stereocenters. The second kappa shape index (κ2) is 7.60. The maximum absolute atomic E-state index is 2.54. The number of fused-ring (bicyclic) bond motifs is 5.